The van der Waals surface area contributed by atoms with Gasteiger partial charge >= 0.3 is 0 Å². The highest BCUT2D eigenvalue weighted by atomic mass is 32.2. The van der Waals surface area contributed by atoms with Gasteiger partial charge in [-0.1, -0.05) is 17.7 Å². The van der Waals surface area contributed by atoms with Gasteiger partial charge in [-0.05, 0) is 31.2 Å². The number of hydrogen-bond donors (Lipinski definition) is 3. The van der Waals surface area contributed by atoms with Crippen LogP contribution in [0.1, 0.15) is 5.56 Å². The highest BCUT2D eigenvalue weighted by Crippen LogP contribution is 2.18. The topological polar surface area (TPSA) is 91.3 Å². The molecule has 2 rings (SSSR count). The van der Waals surface area contributed by atoms with Gasteiger partial charge in [0.1, 0.15) is 0 Å². The number of benzene rings is 1. The van der Waals surface area contributed by atoms with E-state index in [0.29, 0.717) is 0 Å². The van der Waals surface area contributed by atoms with Gasteiger partial charge in [0.25, 0.3) is 0 Å². The van der Waals surface area contributed by atoms with Gasteiger partial charge in [-0.15, -0.1) is 11.8 Å². The molecule has 1 aromatic heterocycles. The molecule has 0 fully saturated rings. The van der Waals surface area contributed by atoms with Crippen molar-refractivity contribution in [1.82, 2.24) is 4.98 Å². The predicted octanol–water partition coefficient (Wildman–Crippen LogP) is 2.41. The average Bonchev–Trinajstić information content (AvgIpc) is 2.52. The van der Waals surface area contributed by atoms with E-state index in [0.717, 1.165) is 11.3 Å². The Morgan fingerprint density at radius 3 is 2.39 bits per heavy atom. The molecular weight excluding hydrogens is 314 g/mol. The van der Waals surface area contributed by atoms with Gasteiger partial charge in [0, 0.05) is 11.9 Å². The molecule has 0 aliphatic rings. The molecule has 1 aromatic carbocycles. The van der Waals surface area contributed by atoms with Crippen LogP contribution >= 0.6 is 11.8 Å². The second-order valence-electron chi connectivity index (χ2n) is 4.83. The molecule has 0 saturated carbocycles. The first kappa shape index (κ1) is 16.8. The second-order valence-corrected chi connectivity index (χ2v) is 5.81. The summed E-state index contributed by atoms with van der Waals surface area (Å²) in [6, 6.07) is 10.5. The van der Waals surface area contributed by atoms with Gasteiger partial charge in [0.15, 0.2) is 11.6 Å². The smallest absolute Gasteiger partial charge is 0.235 e. The van der Waals surface area contributed by atoms with E-state index in [9.17, 15) is 14.7 Å². The number of pyridine rings is 1. The van der Waals surface area contributed by atoms with E-state index >= 15 is 0 Å². The molecule has 23 heavy (non-hydrogen) atoms. The molecule has 7 heteroatoms. The molecule has 0 atom stereocenters. The number of thioether (sulfide) groups is 1. The standard InChI is InChI=1S/C16H17N3O3S/c1-11-4-6-12(7-5-11)18-14(21)9-23-10-15(22)19-16-13(20)3-2-8-17-16/h2-8,20H,9-10H2,1H3,(H,18,21)(H,17,19,22). The fourth-order valence-corrected chi connectivity index (χ4v) is 2.35. The highest BCUT2D eigenvalue weighted by molar-refractivity contribution is 8.00. The van der Waals surface area contributed by atoms with Crippen LogP contribution in [0.15, 0.2) is 42.6 Å². The summed E-state index contributed by atoms with van der Waals surface area (Å²) in [5.41, 5.74) is 1.84. The maximum absolute atomic E-state index is 11.8. The molecule has 120 valence electrons. The van der Waals surface area contributed by atoms with E-state index in [1.165, 1.54) is 24.0 Å². The van der Waals surface area contributed by atoms with Crippen molar-refractivity contribution < 1.29 is 14.7 Å². The quantitative estimate of drug-likeness (QED) is 0.756. The number of aryl methyl sites for hydroxylation is 1. The summed E-state index contributed by atoms with van der Waals surface area (Å²) in [5, 5.41) is 14.8. The van der Waals surface area contributed by atoms with Gasteiger partial charge in [-0.25, -0.2) is 4.98 Å². The third-order valence-electron chi connectivity index (χ3n) is 2.85. The molecule has 0 spiro atoms. The van der Waals surface area contributed by atoms with Crippen LogP contribution < -0.4 is 10.6 Å². The van der Waals surface area contributed by atoms with Crippen LogP contribution in [0.25, 0.3) is 0 Å². The Balaban J connectivity index is 1.72. The number of nitrogens with zero attached hydrogens (tertiary/aromatic N) is 1. The Kier molecular flexibility index (Phi) is 5.99. The Morgan fingerprint density at radius 1 is 1.09 bits per heavy atom. The predicted molar refractivity (Wildman–Crippen MR) is 91.7 cm³/mol. The lowest BCUT2D eigenvalue weighted by molar-refractivity contribution is -0.114. The SMILES string of the molecule is Cc1ccc(NC(=O)CSCC(=O)Nc2ncccc2O)cc1. The normalized spacial score (nSPS) is 10.1. The summed E-state index contributed by atoms with van der Waals surface area (Å²) in [7, 11) is 0. The van der Waals surface area contributed by atoms with Crippen LogP contribution in [-0.2, 0) is 9.59 Å². The van der Waals surface area contributed by atoms with Crippen LogP contribution in [0.4, 0.5) is 11.5 Å². The van der Waals surface area contributed by atoms with E-state index in [-0.39, 0.29) is 34.9 Å². The number of amides is 2. The van der Waals surface area contributed by atoms with E-state index in [1.54, 1.807) is 6.07 Å². The van der Waals surface area contributed by atoms with Crippen molar-refractivity contribution in [3.05, 3.63) is 48.2 Å². The zero-order valence-corrected chi connectivity index (χ0v) is 13.4. The summed E-state index contributed by atoms with van der Waals surface area (Å²) in [4.78, 5) is 27.4. The minimum Gasteiger partial charge on any atom is -0.504 e. The van der Waals surface area contributed by atoms with E-state index in [1.807, 2.05) is 31.2 Å². The van der Waals surface area contributed by atoms with Crippen molar-refractivity contribution in [1.29, 1.82) is 0 Å². The van der Waals surface area contributed by atoms with Gasteiger partial charge in [0.2, 0.25) is 11.8 Å². The van der Waals surface area contributed by atoms with Crippen molar-refractivity contribution in [2.24, 2.45) is 0 Å². The highest BCUT2D eigenvalue weighted by Gasteiger charge is 2.09. The van der Waals surface area contributed by atoms with Crippen LogP contribution in [0, 0.1) is 6.92 Å². The number of nitrogens with one attached hydrogen (secondary N) is 2. The van der Waals surface area contributed by atoms with Gasteiger partial charge < -0.3 is 15.7 Å². The maximum Gasteiger partial charge on any atom is 0.235 e. The Bertz CT molecular complexity index is 689. The molecule has 0 radical (unpaired) electrons. The molecule has 2 amide bonds. The number of carbonyl (C=O) groups is 2. The summed E-state index contributed by atoms with van der Waals surface area (Å²) in [5.74, 6) is -0.225. The van der Waals surface area contributed by atoms with Crippen LogP contribution in [0.5, 0.6) is 5.75 Å². The monoisotopic (exact) mass is 331 g/mol. The molecule has 1 heterocycles. The van der Waals surface area contributed by atoms with Gasteiger partial charge in [-0.2, -0.15) is 0 Å². The van der Waals surface area contributed by atoms with Crippen LogP contribution in [-0.4, -0.2) is 33.4 Å². The number of anilines is 2. The first-order valence-electron chi connectivity index (χ1n) is 6.92. The first-order valence-corrected chi connectivity index (χ1v) is 8.08. The molecule has 0 bridgehead atoms. The third-order valence-corrected chi connectivity index (χ3v) is 3.78. The van der Waals surface area contributed by atoms with E-state index in [4.69, 9.17) is 0 Å². The lowest BCUT2D eigenvalue weighted by Crippen LogP contribution is -2.18. The van der Waals surface area contributed by atoms with Crippen molar-refractivity contribution in [3.8, 4) is 5.75 Å². The van der Waals surface area contributed by atoms with Crippen LogP contribution in [0.2, 0.25) is 0 Å². The zero-order valence-electron chi connectivity index (χ0n) is 12.6. The van der Waals surface area contributed by atoms with E-state index in [2.05, 4.69) is 15.6 Å². The summed E-state index contributed by atoms with van der Waals surface area (Å²) >= 11 is 1.18. The fraction of sp³-hybridized carbons (Fsp3) is 0.188. The van der Waals surface area contributed by atoms with Gasteiger partial charge in [-0.3, -0.25) is 9.59 Å². The lowest BCUT2D eigenvalue weighted by atomic mass is 10.2. The second kappa shape index (κ2) is 8.19. The molecular formula is C16H17N3O3S. The van der Waals surface area contributed by atoms with Gasteiger partial charge in [0.05, 0.1) is 11.5 Å². The number of carbonyl (C=O) groups excluding carboxylic acids is 2. The molecule has 3 N–H and O–H groups in total. The Hall–Kier alpha value is -2.54. The molecule has 2 aromatic rings. The van der Waals surface area contributed by atoms with Crippen molar-refractivity contribution in [2.45, 2.75) is 6.92 Å². The molecule has 0 saturated heterocycles. The minimum atomic E-state index is -0.327. The summed E-state index contributed by atoms with van der Waals surface area (Å²) < 4.78 is 0. The fourth-order valence-electron chi connectivity index (χ4n) is 1.73. The van der Waals surface area contributed by atoms with Crippen molar-refractivity contribution >= 4 is 35.1 Å². The molecule has 6 nitrogen and oxygen atoms in total. The average molecular weight is 331 g/mol. The zero-order chi connectivity index (χ0) is 16.7. The Labute approximate surface area is 138 Å². The number of rotatable bonds is 6. The molecule has 0 unspecified atom stereocenters. The van der Waals surface area contributed by atoms with Crippen molar-refractivity contribution in [2.75, 3.05) is 22.1 Å². The first-order chi connectivity index (χ1) is 11.0. The van der Waals surface area contributed by atoms with E-state index < -0.39 is 0 Å². The lowest BCUT2D eigenvalue weighted by Gasteiger charge is -2.07. The molecule has 0 aliphatic carbocycles. The number of aromatic nitrogens is 1. The number of aromatic hydroxyl groups is 1. The van der Waals surface area contributed by atoms with Crippen molar-refractivity contribution in [3.63, 3.8) is 0 Å². The number of hydrogen-bond acceptors (Lipinski definition) is 5. The Morgan fingerprint density at radius 2 is 1.74 bits per heavy atom. The largest absolute Gasteiger partial charge is 0.504 e. The molecule has 0 aliphatic heterocycles. The summed E-state index contributed by atoms with van der Waals surface area (Å²) in [6.45, 7) is 1.97. The maximum atomic E-state index is 11.8. The minimum absolute atomic E-state index is 0.0945. The summed E-state index contributed by atoms with van der Waals surface area (Å²) in [6.07, 6.45) is 1.47. The third kappa shape index (κ3) is 5.63. The van der Waals surface area contributed by atoms with Crippen LogP contribution in [0.3, 0.4) is 0 Å².